The zero-order valence-electron chi connectivity index (χ0n) is 11.0. The molecule has 0 amide bonds. The van der Waals surface area contributed by atoms with Crippen LogP contribution in [0.2, 0.25) is 0 Å². The highest BCUT2D eigenvalue weighted by atomic mass is 32.1. The number of thiazole rings is 1. The summed E-state index contributed by atoms with van der Waals surface area (Å²) in [5, 5.41) is 3.18. The molecule has 0 saturated carbocycles. The van der Waals surface area contributed by atoms with Gasteiger partial charge < -0.3 is 5.73 Å². The van der Waals surface area contributed by atoms with Crippen LogP contribution in [0.4, 0.5) is 0 Å². The van der Waals surface area contributed by atoms with Crippen molar-refractivity contribution in [1.82, 2.24) is 14.9 Å². The zero-order valence-corrected chi connectivity index (χ0v) is 12.6. The molecule has 0 radical (unpaired) electrons. The fraction of sp³-hybridized carbons (Fsp3) is 0.308. The third-order valence-corrected chi connectivity index (χ3v) is 3.68. The number of aromatic nitrogens is 2. The molecular weight excluding hydrogens is 276 g/mol. The highest BCUT2D eigenvalue weighted by Gasteiger charge is 2.10. The SMILES string of the molecule is Cc1nc(CN(C)Cc2cccnc2C(N)=S)cs1. The molecule has 6 heteroatoms. The maximum absolute atomic E-state index is 5.69. The van der Waals surface area contributed by atoms with Crippen molar-refractivity contribution in [3.8, 4) is 0 Å². The van der Waals surface area contributed by atoms with Gasteiger partial charge in [0.2, 0.25) is 0 Å². The number of pyridine rings is 1. The molecule has 0 bridgehead atoms. The van der Waals surface area contributed by atoms with Crippen molar-refractivity contribution in [3.05, 3.63) is 45.7 Å². The van der Waals surface area contributed by atoms with Gasteiger partial charge in [-0.05, 0) is 25.6 Å². The topological polar surface area (TPSA) is 55.0 Å². The summed E-state index contributed by atoms with van der Waals surface area (Å²) in [5.41, 5.74) is 8.53. The summed E-state index contributed by atoms with van der Waals surface area (Å²) >= 11 is 6.69. The second-order valence-electron chi connectivity index (χ2n) is 4.41. The fourth-order valence-corrected chi connectivity index (χ4v) is 2.68. The highest BCUT2D eigenvalue weighted by molar-refractivity contribution is 7.80. The minimum Gasteiger partial charge on any atom is -0.388 e. The number of nitrogens with zero attached hydrogens (tertiary/aromatic N) is 3. The summed E-state index contributed by atoms with van der Waals surface area (Å²) in [6.45, 7) is 3.56. The molecule has 0 aromatic carbocycles. The summed E-state index contributed by atoms with van der Waals surface area (Å²) in [7, 11) is 2.05. The minimum atomic E-state index is 0.341. The number of nitrogens with two attached hydrogens (primary N) is 1. The van der Waals surface area contributed by atoms with Gasteiger partial charge in [-0.15, -0.1) is 11.3 Å². The Kier molecular flexibility index (Phi) is 4.57. The van der Waals surface area contributed by atoms with Crippen molar-refractivity contribution >= 4 is 28.5 Å². The third-order valence-electron chi connectivity index (χ3n) is 2.66. The molecular formula is C13H16N4S2. The standard InChI is InChI=1S/C13H16N4S2/c1-9-16-11(8-19-9)7-17(2)6-10-4-3-5-15-12(10)13(14)18/h3-5,8H,6-7H2,1-2H3,(H2,14,18). The lowest BCUT2D eigenvalue weighted by Gasteiger charge is -2.16. The molecule has 2 heterocycles. The first-order valence-corrected chi connectivity index (χ1v) is 7.18. The van der Waals surface area contributed by atoms with Crippen molar-refractivity contribution < 1.29 is 0 Å². The van der Waals surface area contributed by atoms with Crippen LogP contribution in [-0.2, 0) is 13.1 Å². The van der Waals surface area contributed by atoms with Gasteiger partial charge >= 0.3 is 0 Å². The van der Waals surface area contributed by atoms with E-state index in [1.807, 2.05) is 26.1 Å². The molecule has 19 heavy (non-hydrogen) atoms. The molecule has 0 aliphatic rings. The van der Waals surface area contributed by atoms with E-state index in [1.54, 1.807) is 17.5 Å². The Hall–Kier alpha value is -1.37. The normalized spacial score (nSPS) is 10.9. The number of rotatable bonds is 5. The molecule has 100 valence electrons. The van der Waals surface area contributed by atoms with Crippen LogP contribution < -0.4 is 5.73 Å². The lowest BCUT2D eigenvalue weighted by Crippen LogP contribution is -2.21. The molecule has 2 rings (SSSR count). The van der Waals surface area contributed by atoms with E-state index in [0.29, 0.717) is 10.7 Å². The van der Waals surface area contributed by atoms with Crippen molar-refractivity contribution in [3.63, 3.8) is 0 Å². The Balaban J connectivity index is 2.06. The Morgan fingerprint density at radius 2 is 2.26 bits per heavy atom. The van der Waals surface area contributed by atoms with E-state index in [-0.39, 0.29) is 0 Å². The van der Waals surface area contributed by atoms with Gasteiger partial charge in [0.05, 0.1) is 10.7 Å². The van der Waals surface area contributed by atoms with E-state index in [9.17, 15) is 0 Å². The molecule has 0 unspecified atom stereocenters. The summed E-state index contributed by atoms with van der Waals surface area (Å²) < 4.78 is 0. The second-order valence-corrected chi connectivity index (χ2v) is 5.91. The van der Waals surface area contributed by atoms with Gasteiger partial charge in [0.25, 0.3) is 0 Å². The quantitative estimate of drug-likeness (QED) is 0.855. The fourth-order valence-electron chi connectivity index (χ4n) is 1.89. The second kappa shape index (κ2) is 6.18. The van der Waals surface area contributed by atoms with Crippen molar-refractivity contribution in [1.29, 1.82) is 0 Å². The maximum Gasteiger partial charge on any atom is 0.123 e. The van der Waals surface area contributed by atoms with E-state index in [2.05, 4.69) is 20.2 Å². The first kappa shape index (κ1) is 14.0. The zero-order chi connectivity index (χ0) is 13.8. The van der Waals surface area contributed by atoms with Crippen molar-refractivity contribution in [2.45, 2.75) is 20.0 Å². The Morgan fingerprint density at radius 3 is 2.89 bits per heavy atom. The lowest BCUT2D eigenvalue weighted by molar-refractivity contribution is 0.315. The van der Waals surface area contributed by atoms with Gasteiger partial charge in [-0.1, -0.05) is 18.3 Å². The summed E-state index contributed by atoms with van der Waals surface area (Å²) in [5.74, 6) is 0. The number of thiocarbonyl (C=S) groups is 1. The molecule has 0 spiro atoms. The van der Waals surface area contributed by atoms with Crippen LogP contribution >= 0.6 is 23.6 Å². The maximum atomic E-state index is 5.69. The van der Waals surface area contributed by atoms with Gasteiger partial charge in [0, 0.05) is 24.7 Å². The van der Waals surface area contributed by atoms with Crippen LogP contribution in [0, 0.1) is 6.92 Å². The summed E-state index contributed by atoms with van der Waals surface area (Å²) in [6.07, 6.45) is 1.71. The lowest BCUT2D eigenvalue weighted by atomic mass is 10.2. The summed E-state index contributed by atoms with van der Waals surface area (Å²) in [4.78, 5) is 11.2. The van der Waals surface area contributed by atoms with Crippen LogP contribution in [0.5, 0.6) is 0 Å². The molecule has 0 saturated heterocycles. The Morgan fingerprint density at radius 1 is 1.47 bits per heavy atom. The minimum absolute atomic E-state index is 0.341. The van der Waals surface area contributed by atoms with Crippen LogP contribution in [0.1, 0.15) is 22.0 Å². The summed E-state index contributed by atoms with van der Waals surface area (Å²) in [6, 6.07) is 3.90. The molecule has 2 N–H and O–H groups in total. The predicted octanol–water partition coefficient (Wildman–Crippen LogP) is 2.11. The van der Waals surface area contributed by atoms with E-state index in [0.717, 1.165) is 29.4 Å². The molecule has 0 fully saturated rings. The van der Waals surface area contributed by atoms with Gasteiger partial charge in [-0.2, -0.15) is 0 Å². The van der Waals surface area contributed by atoms with Crippen LogP contribution in [0.3, 0.4) is 0 Å². The van der Waals surface area contributed by atoms with Crippen LogP contribution in [0.15, 0.2) is 23.7 Å². The van der Waals surface area contributed by atoms with Crippen molar-refractivity contribution in [2.24, 2.45) is 5.73 Å². The molecule has 0 aliphatic carbocycles. The van der Waals surface area contributed by atoms with E-state index < -0.39 is 0 Å². The van der Waals surface area contributed by atoms with E-state index >= 15 is 0 Å². The smallest absolute Gasteiger partial charge is 0.123 e. The third kappa shape index (κ3) is 3.79. The first-order chi connectivity index (χ1) is 9.06. The Labute approximate surface area is 122 Å². The number of hydrogen-bond acceptors (Lipinski definition) is 5. The van der Waals surface area contributed by atoms with Crippen molar-refractivity contribution in [2.75, 3.05) is 7.05 Å². The monoisotopic (exact) mass is 292 g/mol. The molecule has 2 aromatic heterocycles. The van der Waals surface area contributed by atoms with Gasteiger partial charge in [-0.25, -0.2) is 4.98 Å². The van der Waals surface area contributed by atoms with Gasteiger partial charge in [-0.3, -0.25) is 9.88 Å². The number of hydrogen-bond donors (Lipinski definition) is 1. The average molecular weight is 292 g/mol. The van der Waals surface area contributed by atoms with Gasteiger partial charge in [0.1, 0.15) is 10.7 Å². The highest BCUT2D eigenvalue weighted by Crippen LogP contribution is 2.13. The average Bonchev–Trinajstić information content (AvgIpc) is 2.75. The predicted molar refractivity (Wildman–Crippen MR) is 82.1 cm³/mol. The first-order valence-electron chi connectivity index (χ1n) is 5.89. The van der Waals surface area contributed by atoms with E-state index in [1.165, 1.54) is 0 Å². The van der Waals surface area contributed by atoms with Gasteiger partial charge in [0.15, 0.2) is 0 Å². The largest absolute Gasteiger partial charge is 0.388 e. The van der Waals surface area contributed by atoms with E-state index in [4.69, 9.17) is 18.0 Å². The van der Waals surface area contributed by atoms with Crippen LogP contribution in [0.25, 0.3) is 0 Å². The molecule has 0 atom stereocenters. The van der Waals surface area contributed by atoms with Crippen LogP contribution in [-0.4, -0.2) is 26.9 Å². The molecule has 2 aromatic rings. The number of aryl methyl sites for hydroxylation is 1. The molecule has 0 aliphatic heterocycles. The Bertz CT molecular complexity index is 580. The molecule has 4 nitrogen and oxygen atoms in total.